The lowest BCUT2D eigenvalue weighted by atomic mass is 10.2. The number of carbonyl (C=O) groups is 1. The molecule has 0 spiro atoms. The first-order valence-corrected chi connectivity index (χ1v) is 9.97. The highest BCUT2D eigenvalue weighted by atomic mass is 16.6. The third kappa shape index (κ3) is 3.62. The van der Waals surface area contributed by atoms with E-state index in [9.17, 15) is 14.9 Å². The third-order valence-corrected chi connectivity index (χ3v) is 5.30. The Bertz CT molecular complexity index is 1280. The number of rotatable bonds is 5. The highest BCUT2D eigenvalue weighted by molar-refractivity contribution is 5.92. The predicted octanol–water partition coefficient (Wildman–Crippen LogP) is 1.73. The Morgan fingerprint density at radius 1 is 1.06 bits per heavy atom. The van der Waals surface area contributed by atoms with Gasteiger partial charge in [-0.15, -0.1) is 5.10 Å². The van der Waals surface area contributed by atoms with Crippen molar-refractivity contribution >= 4 is 28.8 Å². The molecule has 32 heavy (non-hydrogen) atoms. The van der Waals surface area contributed by atoms with Crippen molar-refractivity contribution in [2.45, 2.75) is 6.54 Å². The van der Waals surface area contributed by atoms with Gasteiger partial charge in [0.15, 0.2) is 22.7 Å². The van der Waals surface area contributed by atoms with Gasteiger partial charge < -0.3 is 14.2 Å². The van der Waals surface area contributed by atoms with Crippen molar-refractivity contribution in [1.82, 2.24) is 29.9 Å². The molecule has 12 heteroatoms. The molecule has 5 rings (SSSR count). The van der Waals surface area contributed by atoms with Crippen molar-refractivity contribution in [2.24, 2.45) is 0 Å². The number of piperazine rings is 1. The molecular weight excluding hydrogens is 416 g/mol. The maximum Gasteiger partial charge on any atom is 0.433 e. The van der Waals surface area contributed by atoms with Gasteiger partial charge in [0.1, 0.15) is 11.3 Å². The molecule has 1 saturated heterocycles. The van der Waals surface area contributed by atoms with E-state index in [0.29, 0.717) is 49.7 Å². The predicted molar refractivity (Wildman–Crippen MR) is 112 cm³/mol. The zero-order valence-electron chi connectivity index (χ0n) is 16.9. The van der Waals surface area contributed by atoms with Gasteiger partial charge in [-0.2, -0.15) is 0 Å². The van der Waals surface area contributed by atoms with Crippen molar-refractivity contribution in [3.8, 4) is 0 Å². The topological polar surface area (TPSA) is 136 Å². The van der Waals surface area contributed by atoms with Crippen LogP contribution in [0.5, 0.6) is 0 Å². The maximum absolute atomic E-state index is 12.6. The summed E-state index contributed by atoms with van der Waals surface area (Å²) in [7, 11) is 0. The van der Waals surface area contributed by atoms with Crippen LogP contribution in [0.15, 0.2) is 53.2 Å². The molecule has 0 bridgehead atoms. The Hall–Kier alpha value is -4.35. The van der Waals surface area contributed by atoms with E-state index in [4.69, 9.17) is 4.42 Å². The van der Waals surface area contributed by atoms with Gasteiger partial charge in [-0.1, -0.05) is 35.5 Å². The molecule has 1 aliphatic heterocycles. The number of nitrogens with zero attached hydrogens (tertiary/aromatic N) is 8. The van der Waals surface area contributed by atoms with Gasteiger partial charge in [0.2, 0.25) is 0 Å². The summed E-state index contributed by atoms with van der Waals surface area (Å²) in [6.45, 7) is 2.41. The average molecular weight is 434 g/mol. The lowest BCUT2D eigenvalue weighted by Crippen LogP contribution is -2.49. The minimum Gasteiger partial charge on any atom is -0.395 e. The molecule has 0 N–H and O–H groups in total. The van der Waals surface area contributed by atoms with E-state index in [1.165, 1.54) is 18.5 Å². The molecule has 0 radical (unpaired) electrons. The van der Waals surface area contributed by atoms with Crippen LogP contribution in [0, 0.1) is 10.1 Å². The summed E-state index contributed by atoms with van der Waals surface area (Å²) in [5.41, 5.74) is 2.33. The fourth-order valence-electron chi connectivity index (χ4n) is 3.69. The number of anilines is 1. The molecule has 0 atom stereocenters. The number of hydrogen-bond donors (Lipinski definition) is 0. The number of benzene rings is 1. The van der Waals surface area contributed by atoms with Crippen LogP contribution in [-0.4, -0.2) is 66.9 Å². The number of fused-ring (bicyclic) bond motifs is 1. The lowest BCUT2D eigenvalue weighted by molar-refractivity contribution is -0.402. The molecule has 3 aromatic heterocycles. The number of carbonyl (C=O) groups excluding carboxylic acids is 1. The van der Waals surface area contributed by atoms with Crippen LogP contribution in [-0.2, 0) is 6.54 Å². The minimum atomic E-state index is -0.667. The first-order chi connectivity index (χ1) is 15.6. The molecule has 1 aromatic carbocycles. The monoisotopic (exact) mass is 434 g/mol. The fraction of sp³-hybridized carbons (Fsp3) is 0.250. The molecule has 12 nitrogen and oxygen atoms in total. The Balaban J connectivity index is 1.30. The van der Waals surface area contributed by atoms with E-state index in [-0.39, 0.29) is 11.7 Å². The van der Waals surface area contributed by atoms with Gasteiger partial charge in [-0.25, -0.2) is 14.6 Å². The van der Waals surface area contributed by atoms with Crippen LogP contribution in [0.4, 0.5) is 11.7 Å². The molecule has 162 valence electrons. The first kappa shape index (κ1) is 19.6. The Kier molecular flexibility index (Phi) is 4.94. The average Bonchev–Trinajstić information content (AvgIpc) is 3.48. The smallest absolute Gasteiger partial charge is 0.395 e. The fourth-order valence-corrected chi connectivity index (χ4v) is 3.69. The van der Waals surface area contributed by atoms with Crippen LogP contribution in [0.1, 0.15) is 16.1 Å². The van der Waals surface area contributed by atoms with E-state index in [1.807, 2.05) is 35.2 Å². The van der Waals surface area contributed by atoms with Crippen molar-refractivity contribution in [3.05, 3.63) is 70.2 Å². The second-order valence-electron chi connectivity index (χ2n) is 7.28. The van der Waals surface area contributed by atoms with Crippen molar-refractivity contribution in [1.29, 1.82) is 0 Å². The molecular formula is C20H18N8O4. The van der Waals surface area contributed by atoms with Gasteiger partial charge >= 0.3 is 5.88 Å². The van der Waals surface area contributed by atoms with Crippen LogP contribution < -0.4 is 4.90 Å². The third-order valence-electron chi connectivity index (χ3n) is 5.30. The zero-order chi connectivity index (χ0) is 22.1. The second kappa shape index (κ2) is 8.06. The lowest BCUT2D eigenvalue weighted by Gasteiger charge is -2.34. The molecule has 4 aromatic rings. The van der Waals surface area contributed by atoms with Gasteiger partial charge in [-0.3, -0.25) is 14.9 Å². The summed E-state index contributed by atoms with van der Waals surface area (Å²) in [6.07, 6.45) is 1.49. The summed E-state index contributed by atoms with van der Waals surface area (Å²) in [6, 6.07) is 12.4. The standard InChI is InChI=1S/C20H18N8O4/c29-20(15-6-7-16(32-15)28(30)31)26-10-8-25(9-11-26)18-17-19(22-13-21-18)27(24-23-17)12-14-4-2-1-3-5-14/h1-7,13H,8-12H2. The number of hydrogen-bond acceptors (Lipinski definition) is 9. The van der Waals surface area contributed by atoms with Crippen LogP contribution in [0.2, 0.25) is 0 Å². The molecule has 0 unspecified atom stereocenters. The van der Waals surface area contributed by atoms with E-state index in [0.717, 1.165) is 5.56 Å². The summed E-state index contributed by atoms with van der Waals surface area (Å²) < 4.78 is 6.77. The summed E-state index contributed by atoms with van der Waals surface area (Å²) in [4.78, 5) is 35.1. The number of nitro groups is 1. The highest BCUT2D eigenvalue weighted by Gasteiger charge is 2.28. The SMILES string of the molecule is O=C(c1ccc([N+](=O)[O-])o1)N1CCN(c2ncnc3c2nnn3Cc2ccccc2)CC1. The normalized spacial score (nSPS) is 14.1. The number of furan rings is 1. The van der Waals surface area contributed by atoms with Crippen molar-refractivity contribution < 1.29 is 14.1 Å². The van der Waals surface area contributed by atoms with Crippen molar-refractivity contribution in [3.63, 3.8) is 0 Å². The van der Waals surface area contributed by atoms with Gasteiger partial charge in [0, 0.05) is 26.2 Å². The van der Waals surface area contributed by atoms with Gasteiger partial charge in [0.05, 0.1) is 12.6 Å². The highest BCUT2D eigenvalue weighted by Crippen LogP contribution is 2.23. The molecule has 1 aliphatic rings. The van der Waals surface area contributed by atoms with Crippen LogP contribution in [0.3, 0.4) is 0 Å². The summed E-state index contributed by atoms with van der Waals surface area (Å²) in [5, 5.41) is 19.3. The number of aromatic nitrogens is 5. The number of amides is 1. The summed E-state index contributed by atoms with van der Waals surface area (Å²) in [5.74, 6) is -0.207. The molecule has 4 heterocycles. The molecule has 1 fully saturated rings. The first-order valence-electron chi connectivity index (χ1n) is 9.97. The Labute approximate surface area is 181 Å². The molecule has 1 amide bonds. The van der Waals surface area contributed by atoms with Gasteiger partial charge in [0.25, 0.3) is 5.91 Å². The van der Waals surface area contributed by atoms with E-state index >= 15 is 0 Å². The van der Waals surface area contributed by atoms with E-state index in [2.05, 4.69) is 20.3 Å². The minimum absolute atomic E-state index is 0.0431. The Morgan fingerprint density at radius 2 is 1.84 bits per heavy atom. The molecule has 0 aliphatic carbocycles. The molecule has 0 saturated carbocycles. The van der Waals surface area contributed by atoms with Crippen LogP contribution >= 0.6 is 0 Å². The largest absolute Gasteiger partial charge is 0.433 e. The zero-order valence-corrected chi connectivity index (χ0v) is 16.9. The quantitative estimate of drug-likeness (QED) is 0.340. The van der Waals surface area contributed by atoms with E-state index < -0.39 is 10.8 Å². The van der Waals surface area contributed by atoms with Crippen LogP contribution in [0.25, 0.3) is 11.2 Å². The van der Waals surface area contributed by atoms with Crippen molar-refractivity contribution in [2.75, 3.05) is 31.1 Å². The maximum atomic E-state index is 12.6. The Morgan fingerprint density at radius 3 is 2.56 bits per heavy atom. The van der Waals surface area contributed by atoms with E-state index in [1.54, 1.807) is 9.58 Å². The van der Waals surface area contributed by atoms with Gasteiger partial charge in [-0.05, 0) is 11.6 Å². The second-order valence-corrected chi connectivity index (χ2v) is 7.28. The summed E-state index contributed by atoms with van der Waals surface area (Å²) >= 11 is 0.